The summed E-state index contributed by atoms with van der Waals surface area (Å²) in [6, 6.07) is 9.57. The average Bonchev–Trinajstić information content (AvgIpc) is 2.92. The van der Waals surface area contributed by atoms with Crippen molar-refractivity contribution in [1.29, 1.82) is 0 Å². The van der Waals surface area contributed by atoms with Gasteiger partial charge in [0, 0.05) is 11.8 Å². The molecule has 0 unspecified atom stereocenters. The fourth-order valence-corrected chi connectivity index (χ4v) is 1.86. The molecule has 0 aliphatic rings. The molecule has 7 heteroatoms. The summed E-state index contributed by atoms with van der Waals surface area (Å²) in [6.45, 7) is 0.322. The highest BCUT2D eigenvalue weighted by atomic mass is 79.9. The fraction of sp³-hybridized carbons (Fsp3) is 0.333. The highest BCUT2D eigenvalue weighted by Gasteiger charge is 2.09. The number of tetrazole rings is 1. The van der Waals surface area contributed by atoms with E-state index in [2.05, 4.69) is 36.8 Å². The lowest BCUT2D eigenvalue weighted by Crippen LogP contribution is -2.24. The Morgan fingerprint density at radius 3 is 2.84 bits per heavy atom. The third-order valence-electron chi connectivity index (χ3n) is 2.52. The van der Waals surface area contributed by atoms with Crippen LogP contribution in [0, 0.1) is 0 Å². The summed E-state index contributed by atoms with van der Waals surface area (Å²) >= 11 is 3.29. The third-order valence-corrected chi connectivity index (χ3v) is 3.08. The Morgan fingerprint density at radius 2 is 2.11 bits per heavy atom. The van der Waals surface area contributed by atoms with Gasteiger partial charge in [-0.15, -0.1) is 5.10 Å². The van der Waals surface area contributed by atoms with E-state index in [1.807, 2.05) is 30.3 Å². The number of carbonyl (C=O) groups is 1. The van der Waals surface area contributed by atoms with Crippen molar-refractivity contribution in [3.63, 3.8) is 0 Å². The molecule has 0 aliphatic heterocycles. The fourth-order valence-electron chi connectivity index (χ4n) is 1.58. The first kappa shape index (κ1) is 13.7. The molecule has 0 saturated heterocycles. The van der Waals surface area contributed by atoms with Gasteiger partial charge in [0.05, 0.1) is 12.2 Å². The molecular formula is C12H14BrN5O. The van der Waals surface area contributed by atoms with Crippen molar-refractivity contribution in [1.82, 2.24) is 25.5 Å². The van der Waals surface area contributed by atoms with E-state index in [0.717, 1.165) is 17.4 Å². The molecule has 1 amide bonds. The molecule has 19 heavy (non-hydrogen) atoms. The van der Waals surface area contributed by atoms with E-state index in [1.54, 1.807) is 4.68 Å². The van der Waals surface area contributed by atoms with E-state index < -0.39 is 0 Å². The Balaban J connectivity index is 1.99. The maximum absolute atomic E-state index is 11.5. The molecule has 6 nitrogen and oxygen atoms in total. The Hall–Kier alpha value is -1.76. The number of halogens is 1. The summed E-state index contributed by atoms with van der Waals surface area (Å²) in [7, 11) is 0. The lowest BCUT2D eigenvalue weighted by Gasteiger charge is -2.05. The summed E-state index contributed by atoms with van der Waals surface area (Å²) in [6.07, 6.45) is 1.31. The number of alkyl halides is 1. The van der Waals surface area contributed by atoms with Crippen molar-refractivity contribution in [2.75, 3.05) is 5.33 Å². The van der Waals surface area contributed by atoms with E-state index in [0.29, 0.717) is 18.8 Å². The molecular weight excluding hydrogens is 310 g/mol. The second-order valence-corrected chi connectivity index (χ2v) is 4.70. The number of aromatic nitrogens is 4. The van der Waals surface area contributed by atoms with Crippen LogP contribution in [0.25, 0.3) is 5.69 Å². The van der Waals surface area contributed by atoms with Gasteiger partial charge >= 0.3 is 0 Å². The van der Waals surface area contributed by atoms with Crippen LogP contribution in [0.15, 0.2) is 30.3 Å². The maximum atomic E-state index is 11.5. The van der Waals surface area contributed by atoms with E-state index >= 15 is 0 Å². The Morgan fingerprint density at radius 1 is 1.32 bits per heavy atom. The zero-order chi connectivity index (χ0) is 13.5. The molecule has 1 aromatic heterocycles. The molecule has 0 bridgehead atoms. The van der Waals surface area contributed by atoms with Crippen LogP contribution < -0.4 is 5.32 Å². The van der Waals surface area contributed by atoms with Crippen molar-refractivity contribution in [3.8, 4) is 5.69 Å². The molecule has 0 aliphatic carbocycles. The minimum Gasteiger partial charge on any atom is -0.349 e. The monoisotopic (exact) mass is 323 g/mol. The van der Waals surface area contributed by atoms with Gasteiger partial charge in [0.25, 0.3) is 0 Å². The Labute approximate surface area is 119 Å². The number of nitrogens with one attached hydrogen (secondary N) is 1. The van der Waals surface area contributed by atoms with Crippen LogP contribution in [-0.4, -0.2) is 31.4 Å². The predicted molar refractivity (Wildman–Crippen MR) is 74.0 cm³/mol. The Kier molecular flexibility index (Phi) is 5.02. The second-order valence-electron chi connectivity index (χ2n) is 3.91. The normalized spacial score (nSPS) is 10.4. The van der Waals surface area contributed by atoms with Crippen LogP contribution in [0.1, 0.15) is 18.7 Å². The van der Waals surface area contributed by atoms with Gasteiger partial charge in [-0.25, -0.2) is 0 Å². The van der Waals surface area contributed by atoms with Gasteiger partial charge in [0.2, 0.25) is 5.91 Å². The van der Waals surface area contributed by atoms with Gasteiger partial charge < -0.3 is 5.32 Å². The summed E-state index contributed by atoms with van der Waals surface area (Å²) in [4.78, 5) is 11.5. The van der Waals surface area contributed by atoms with Crippen LogP contribution in [0.2, 0.25) is 0 Å². The maximum Gasteiger partial charge on any atom is 0.220 e. The van der Waals surface area contributed by atoms with Gasteiger partial charge in [0.15, 0.2) is 5.82 Å². The van der Waals surface area contributed by atoms with Crippen LogP contribution in [0.3, 0.4) is 0 Å². The topological polar surface area (TPSA) is 72.7 Å². The molecule has 1 N–H and O–H groups in total. The summed E-state index contributed by atoms with van der Waals surface area (Å²) < 4.78 is 1.62. The summed E-state index contributed by atoms with van der Waals surface area (Å²) in [5.41, 5.74) is 0.872. The Bertz CT molecular complexity index is 528. The van der Waals surface area contributed by atoms with Gasteiger partial charge in [-0.3, -0.25) is 4.79 Å². The molecule has 0 radical (unpaired) electrons. The molecule has 2 rings (SSSR count). The second kappa shape index (κ2) is 6.98. The first-order valence-electron chi connectivity index (χ1n) is 5.96. The molecule has 1 aromatic carbocycles. The summed E-state index contributed by atoms with van der Waals surface area (Å²) in [5.74, 6) is 0.612. The molecule has 0 saturated carbocycles. The first-order valence-corrected chi connectivity index (χ1v) is 7.09. The zero-order valence-electron chi connectivity index (χ0n) is 10.3. The number of carbonyl (C=O) groups excluding carboxylic acids is 1. The van der Waals surface area contributed by atoms with E-state index in [4.69, 9.17) is 0 Å². The third kappa shape index (κ3) is 3.85. The molecule has 2 aromatic rings. The van der Waals surface area contributed by atoms with Crippen LogP contribution in [-0.2, 0) is 11.3 Å². The van der Waals surface area contributed by atoms with Crippen molar-refractivity contribution in [2.45, 2.75) is 19.4 Å². The largest absolute Gasteiger partial charge is 0.349 e. The van der Waals surface area contributed by atoms with Gasteiger partial charge in [-0.2, -0.15) is 4.68 Å². The summed E-state index contributed by atoms with van der Waals surface area (Å²) in [5, 5.41) is 15.1. The van der Waals surface area contributed by atoms with Gasteiger partial charge in [0.1, 0.15) is 0 Å². The SMILES string of the molecule is O=C(CCCBr)NCc1nnnn1-c1ccccc1. The van der Waals surface area contributed by atoms with Crippen molar-refractivity contribution in [3.05, 3.63) is 36.2 Å². The highest BCUT2D eigenvalue weighted by Crippen LogP contribution is 2.06. The standard InChI is InChI=1S/C12H14BrN5O/c13-8-4-7-12(19)14-9-11-15-16-17-18(11)10-5-2-1-3-6-10/h1-3,5-6H,4,7-9H2,(H,14,19). The number of benzene rings is 1. The number of hydrogen-bond donors (Lipinski definition) is 1. The van der Waals surface area contributed by atoms with Gasteiger partial charge in [-0.1, -0.05) is 34.1 Å². The van der Waals surface area contributed by atoms with Crippen molar-refractivity contribution in [2.24, 2.45) is 0 Å². The molecule has 1 heterocycles. The molecule has 0 fully saturated rings. The molecule has 0 spiro atoms. The lowest BCUT2D eigenvalue weighted by molar-refractivity contribution is -0.121. The van der Waals surface area contributed by atoms with Crippen LogP contribution >= 0.6 is 15.9 Å². The smallest absolute Gasteiger partial charge is 0.220 e. The molecule has 100 valence electrons. The number of para-hydroxylation sites is 1. The van der Waals surface area contributed by atoms with Crippen LogP contribution in [0.4, 0.5) is 0 Å². The van der Waals surface area contributed by atoms with Crippen molar-refractivity contribution < 1.29 is 4.79 Å². The minimum atomic E-state index is 0.00191. The number of amides is 1. The number of nitrogens with zero attached hydrogens (tertiary/aromatic N) is 4. The zero-order valence-corrected chi connectivity index (χ0v) is 11.9. The van der Waals surface area contributed by atoms with E-state index in [9.17, 15) is 4.79 Å². The molecule has 0 atom stereocenters. The highest BCUT2D eigenvalue weighted by molar-refractivity contribution is 9.09. The number of rotatable bonds is 6. The van der Waals surface area contributed by atoms with Crippen LogP contribution in [0.5, 0.6) is 0 Å². The first-order chi connectivity index (χ1) is 9.31. The predicted octanol–water partition coefficient (Wildman–Crippen LogP) is 1.45. The van der Waals surface area contributed by atoms with E-state index in [-0.39, 0.29) is 5.91 Å². The average molecular weight is 324 g/mol. The van der Waals surface area contributed by atoms with E-state index in [1.165, 1.54) is 0 Å². The quantitative estimate of drug-likeness (QED) is 0.817. The lowest BCUT2D eigenvalue weighted by atomic mass is 10.3. The minimum absolute atomic E-state index is 0.00191. The number of hydrogen-bond acceptors (Lipinski definition) is 4. The van der Waals surface area contributed by atoms with Gasteiger partial charge in [-0.05, 0) is 29.0 Å². The van der Waals surface area contributed by atoms with Crippen molar-refractivity contribution >= 4 is 21.8 Å².